The molecule has 2 aromatic rings. The molecule has 148 valence electrons. The molecule has 2 amide bonds. The van der Waals surface area contributed by atoms with Crippen molar-refractivity contribution >= 4 is 17.5 Å². The van der Waals surface area contributed by atoms with E-state index < -0.39 is 5.91 Å². The molecule has 5 N–H and O–H groups in total. The topological polar surface area (TPSA) is 107 Å². The van der Waals surface area contributed by atoms with E-state index in [1.807, 2.05) is 0 Å². The number of amides is 2. The maximum absolute atomic E-state index is 12.5. The lowest BCUT2D eigenvalue weighted by Crippen LogP contribution is -2.36. The van der Waals surface area contributed by atoms with Gasteiger partial charge in [0, 0.05) is 17.7 Å². The summed E-state index contributed by atoms with van der Waals surface area (Å²) in [5.41, 5.74) is 12.3. The maximum atomic E-state index is 12.5. The van der Waals surface area contributed by atoms with Crippen LogP contribution < -0.4 is 21.5 Å². The summed E-state index contributed by atoms with van der Waals surface area (Å²) in [6.45, 7) is 0.553. The average Bonchev–Trinajstić information content (AvgIpc) is 2.70. The van der Waals surface area contributed by atoms with Crippen LogP contribution in [0.1, 0.15) is 48.9 Å². The molecule has 1 aliphatic rings. The van der Waals surface area contributed by atoms with Crippen molar-refractivity contribution in [2.75, 3.05) is 11.9 Å². The third kappa shape index (κ3) is 5.10. The van der Waals surface area contributed by atoms with Gasteiger partial charge in [-0.3, -0.25) is 9.59 Å². The first kappa shape index (κ1) is 19.9. The van der Waals surface area contributed by atoms with Crippen LogP contribution in [-0.4, -0.2) is 18.4 Å². The maximum Gasteiger partial charge on any atom is 0.248 e. The largest absolute Gasteiger partial charge is 0.457 e. The van der Waals surface area contributed by atoms with Gasteiger partial charge >= 0.3 is 0 Å². The Morgan fingerprint density at radius 2 is 1.71 bits per heavy atom. The normalized spacial score (nSPS) is 15.6. The van der Waals surface area contributed by atoms with Crippen molar-refractivity contribution in [3.63, 3.8) is 0 Å². The Balaban J connectivity index is 1.59. The van der Waals surface area contributed by atoms with E-state index in [2.05, 4.69) is 5.32 Å². The van der Waals surface area contributed by atoms with Crippen LogP contribution >= 0.6 is 0 Å². The fraction of sp³-hybridized carbons (Fsp3) is 0.364. The highest BCUT2D eigenvalue weighted by Crippen LogP contribution is 2.38. The van der Waals surface area contributed by atoms with Crippen molar-refractivity contribution in [3.05, 3.63) is 54.1 Å². The second-order valence-corrected chi connectivity index (χ2v) is 7.51. The van der Waals surface area contributed by atoms with Crippen LogP contribution in [0.5, 0.6) is 11.5 Å². The Morgan fingerprint density at radius 3 is 2.36 bits per heavy atom. The van der Waals surface area contributed by atoms with Crippen LogP contribution in [0, 0.1) is 5.41 Å². The van der Waals surface area contributed by atoms with Crippen LogP contribution in [0.25, 0.3) is 0 Å². The van der Waals surface area contributed by atoms with Crippen molar-refractivity contribution < 1.29 is 14.3 Å². The standard InChI is InChI=1S/C22H27N3O3/c23-15-22(11-2-1-3-12-22)14-20(26)25-17-7-9-18(10-8-17)28-19-6-4-5-16(13-19)21(24)27/h4-10,13H,1-3,11-12,14-15,23H2,(H2,24,27)(H,25,26). The lowest BCUT2D eigenvalue weighted by atomic mass is 9.71. The molecule has 0 bridgehead atoms. The third-order valence-corrected chi connectivity index (χ3v) is 5.38. The van der Waals surface area contributed by atoms with Gasteiger partial charge in [-0.15, -0.1) is 0 Å². The molecule has 1 saturated carbocycles. The van der Waals surface area contributed by atoms with E-state index in [0.717, 1.165) is 25.7 Å². The summed E-state index contributed by atoms with van der Waals surface area (Å²) < 4.78 is 5.75. The van der Waals surface area contributed by atoms with Gasteiger partial charge in [-0.2, -0.15) is 0 Å². The van der Waals surface area contributed by atoms with Crippen molar-refractivity contribution in [2.24, 2.45) is 16.9 Å². The Labute approximate surface area is 165 Å². The van der Waals surface area contributed by atoms with Gasteiger partial charge in [0.05, 0.1) is 0 Å². The monoisotopic (exact) mass is 381 g/mol. The highest BCUT2D eigenvalue weighted by molar-refractivity contribution is 5.93. The van der Waals surface area contributed by atoms with Gasteiger partial charge in [0.25, 0.3) is 0 Å². The number of anilines is 1. The Kier molecular flexibility index (Phi) is 6.31. The fourth-order valence-corrected chi connectivity index (χ4v) is 3.76. The molecule has 0 heterocycles. The zero-order chi connectivity index (χ0) is 20.0. The van der Waals surface area contributed by atoms with Gasteiger partial charge in [-0.05, 0) is 67.3 Å². The van der Waals surface area contributed by atoms with Crippen LogP contribution in [0.15, 0.2) is 48.5 Å². The smallest absolute Gasteiger partial charge is 0.248 e. The molecule has 0 atom stereocenters. The van der Waals surface area contributed by atoms with Crippen LogP contribution in [0.4, 0.5) is 5.69 Å². The second-order valence-electron chi connectivity index (χ2n) is 7.51. The number of ether oxygens (including phenoxy) is 1. The molecule has 0 spiro atoms. The Morgan fingerprint density at radius 1 is 1.00 bits per heavy atom. The molecule has 1 fully saturated rings. The average molecular weight is 381 g/mol. The van der Waals surface area contributed by atoms with E-state index in [4.69, 9.17) is 16.2 Å². The van der Waals surface area contributed by atoms with Gasteiger partial charge in [0.1, 0.15) is 11.5 Å². The van der Waals surface area contributed by atoms with Gasteiger partial charge in [0.2, 0.25) is 11.8 Å². The molecular formula is C22H27N3O3. The molecule has 0 aromatic heterocycles. The van der Waals surface area contributed by atoms with Crippen molar-refractivity contribution in [1.82, 2.24) is 0 Å². The summed E-state index contributed by atoms with van der Waals surface area (Å²) in [5.74, 6) is 0.618. The summed E-state index contributed by atoms with van der Waals surface area (Å²) >= 11 is 0. The minimum Gasteiger partial charge on any atom is -0.457 e. The van der Waals surface area contributed by atoms with E-state index in [0.29, 0.717) is 35.7 Å². The number of hydrogen-bond donors (Lipinski definition) is 3. The molecular weight excluding hydrogens is 354 g/mol. The summed E-state index contributed by atoms with van der Waals surface area (Å²) in [6.07, 6.45) is 6.03. The summed E-state index contributed by atoms with van der Waals surface area (Å²) in [5, 5.41) is 2.95. The van der Waals surface area contributed by atoms with Gasteiger partial charge < -0.3 is 21.5 Å². The SMILES string of the molecule is NCC1(CC(=O)Nc2ccc(Oc3cccc(C(N)=O)c3)cc2)CCCCC1. The van der Waals surface area contributed by atoms with Crippen LogP contribution in [0.3, 0.4) is 0 Å². The third-order valence-electron chi connectivity index (χ3n) is 5.38. The minimum absolute atomic E-state index is 0.00447. The van der Waals surface area contributed by atoms with Crippen LogP contribution in [-0.2, 0) is 4.79 Å². The van der Waals surface area contributed by atoms with Crippen LogP contribution in [0.2, 0.25) is 0 Å². The molecule has 1 aliphatic carbocycles. The zero-order valence-electron chi connectivity index (χ0n) is 15.9. The summed E-state index contributed by atoms with van der Waals surface area (Å²) in [4.78, 5) is 23.7. The molecule has 0 aliphatic heterocycles. The zero-order valence-corrected chi connectivity index (χ0v) is 15.9. The fourth-order valence-electron chi connectivity index (χ4n) is 3.76. The molecule has 28 heavy (non-hydrogen) atoms. The lowest BCUT2D eigenvalue weighted by Gasteiger charge is -2.35. The number of hydrogen-bond acceptors (Lipinski definition) is 4. The molecule has 0 radical (unpaired) electrons. The second kappa shape index (κ2) is 8.89. The first-order valence-electron chi connectivity index (χ1n) is 9.67. The predicted octanol–water partition coefficient (Wildman–Crippen LogP) is 3.82. The Hall–Kier alpha value is -2.86. The molecule has 6 heteroatoms. The number of benzene rings is 2. The summed E-state index contributed by atoms with van der Waals surface area (Å²) in [6, 6.07) is 13.8. The number of primary amides is 1. The first-order chi connectivity index (χ1) is 13.5. The van der Waals surface area contributed by atoms with E-state index >= 15 is 0 Å². The number of rotatable bonds is 7. The van der Waals surface area contributed by atoms with E-state index in [1.54, 1.807) is 48.5 Å². The molecule has 0 unspecified atom stereocenters. The number of carbonyl (C=O) groups excluding carboxylic acids is 2. The molecule has 2 aromatic carbocycles. The quantitative estimate of drug-likeness (QED) is 0.677. The highest BCUT2D eigenvalue weighted by Gasteiger charge is 2.32. The van der Waals surface area contributed by atoms with Crippen molar-refractivity contribution in [3.8, 4) is 11.5 Å². The van der Waals surface area contributed by atoms with Crippen molar-refractivity contribution in [2.45, 2.75) is 38.5 Å². The van der Waals surface area contributed by atoms with Gasteiger partial charge in [-0.25, -0.2) is 0 Å². The number of carbonyl (C=O) groups is 2. The van der Waals surface area contributed by atoms with E-state index in [9.17, 15) is 9.59 Å². The van der Waals surface area contributed by atoms with E-state index in [1.165, 1.54) is 6.42 Å². The summed E-state index contributed by atoms with van der Waals surface area (Å²) in [7, 11) is 0. The highest BCUT2D eigenvalue weighted by atomic mass is 16.5. The van der Waals surface area contributed by atoms with Crippen molar-refractivity contribution in [1.29, 1.82) is 0 Å². The van der Waals surface area contributed by atoms with Gasteiger partial charge in [-0.1, -0.05) is 25.3 Å². The lowest BCUT2D eigenvalue weighted by molar-refractivity contribution is -0.118. The molecule has 0 saturated heterocycles. The first-order valence-corrected chi connectivity index (χ1v) is 9.67. The molecule has 6 nitrogen and oxygen atoms in total. The Bertz CT molecular complexity index is 827. The number of nitrogens with two attached hydrogens (primary N) is 2. The van der Waals surface area contributed by atoms with Gasteiger partial charge in [0.15, 0.2) is 0 Å². The molecule has 3 rings (SSSR count). The number of nitrogens with one attached hydrogen (secondary N) is 1. The predicted molar refractivity (Wildman–Crippen MR) is 109 cm³/mol. The minimum atomic E-state index is -0.503. The van der Waals surface area contributed by atoms with E-state index in [-0.39, 0.29) is 11.3 Å².